The first-order chi connectivity index (χ1) is 14.5. The zero-order valence-corrected chi connectivity index (χ0v) is 17.1. The summed E-state index contributed by atoms with van der Waals surface area (Å²) in [5, 5.41) is 11.0. The maximum absolute atomic E-state index is 13.5. The van der Waals surface area contributed by atoms with E-state index in [2.05, 4.69) is 0 Å². The average Bonchev–Trinajstić information content (AvgIpc) is 2.74. The van der Waals surface area contributed by atoms with Gasteiger partial charge in [0.25, 0.3) is 5.56 Å². The van der Waals surface area contributed by atoms with Crippen molar-refractivity contribution in [1.29, 1.82) is 0 Å². The van der Waals surface area contributed by atoms with Gasteiger partial charge in [-0.2, -0.15) is 0 Å². The minimum atomic E-state index is -0.132. The van der Waals surface area contributed by atoms with Crippen molar-refractivity contribution in [1.82, 2.24) is 9.55 Å². The van der Waals surface area contributed by atoms with Gasteiger partial charge in [0.2, 0.25) is 0 Å². The summed E-state index contributed by atoms with van der Waals surface area (Å²) >= 11 is 0. The lowest BCUT2D eigenvalue weighted by atomic mass is 10.1. The number of aryl methyl sites for hydroxylation is 2. The molecular weight excluding hydrogens is 376 g/mol. The molecule has 4 aromatic rings. The van der Waals surface area contributed by atoms with Crippen molar-refractivity contribution in [3.8, 4) is 17.2 Å². The second-order valence-corrected chi connectivity index (χ2v) is 7.10. The molecule has 1 N–H and O–H groups in total. The quantitative estimate of drug-likeness (QED) is 0.532. The van der Waals surface area contributed by atoms with E-state index in [1.807, 2.05) is 50.2 Å². The number of aromatic hydroxyl groups is 1. The Balaban J connectivity index is 1.99. The number of phenolic OH excluding ortho intramolecular Hbond substituents is 1. The van der Waals surface area contributed by atoms with Gasteiger partial charge < -0.3 is 9.84 Å². The number of rotatable bonds is 4. The molecule has 0 saturated heterocycles. The third-order valence-corrected chi connectivity index (χ3v) is 5.13. The molecule has 4 rings (SSSR count). The summed E-state index contributed by atoms with van der Waals surface area (Å²) in [6.07, 6.45) is 3.48. The average molecular weight is 398 g/mol. The predicted molar refractivity (Wildman–Crippen MR) is 120 cm³/mol. The van der Waals surface area contributed by atoms with Crippen molar-refractivity contribution in [3.05, 3.63) is 93.5 Å². The van der Waals surface area contributed by atoms with E-state index in [0.29, 0.717) is 28.0 Å². The fourth-order valence-corrected chi connectivity index (χ4v) is 3.64. The molecule has 0 aliphatic rings. The zero-order chi connectivity index (χ0) is 21.3. The first-order valence-electron chi connectivity index (χ1n) is 9.63. The van der Waals surface area contributed by atoms with E-state index in [9.17, 15) is 9.90 Å². The van der Waals surface area contributed by atoms with Crippen LogP contribution in [0.15, 0.2) is 65.5 Å². The fourth-order valence-electron chi connectivity index (χ4n) is 3.64. The number of nitrogens with zero attached hydrogens (tertiary/aromatic N) is 2. The number of methoxy groups -OCH3 is 1. The van der Waals surface area contributed by atoms with Gasteiger partial charge in [0, 0.05) is 5.56 Å². The Morgan fingerprint density at radius 3 is 2.37 bits per heavy atom. The highest BCUT2D eigenvalue weighted by molar-refractivity contribution is 5.81. The molecule has 0 atom stereocenters. The fraction of sp³-hybridized carbons (Fsp3) is 0.120. The van der Waals surface area contributed by atoms with Crippen molar-refractivity contribution >= 4 is 23.1 Å². The smallest absolute Gasteiger partial charge is 0.266 e. The van der Waals surface area contributed by atoms with Crippen LogP contribution < -0.4 is 10.3 Å². The van der Waals surface area contributed by atoms with Crippen LogP contribution in [0.4, 0.5) is 0 Å². The number of fused-ring (bicyclic) bond motifs is 1. The highest BCUT2D eigenvalue weighted by Gasteiger charge is 2.15. The number of aromatic nitrogens is 2. The summed E-state index contributed by atoms with van der Waals surface area (Å²) in [7, 11) is 1.51. The van der Waals surface area contributed by atoms with E-state index < -0.39 is 0 Å². The van der Waals surface area contributed by atoms with Crippen molar-refractivity contribution in [2.75, 3.05) is 7.11 Å². The first-order valence-corrected chi connectivity index (χ1v) is 9.63. The van der Waals surface area contributed by atoms with Crippen LogP contribution in [0.25, 0.3) is 28.7 Å². The van der Waals surface area contributed by atoms with Gasteiger partial charge in [0.1, 0.15) is 5.82 Å². The molecule has 5 nitrogen and oxygen atoms in total. The third-order valence-electron chi connectivity index (χ3n) is 5.13. The zero-order valence-electron chi connectivity index (χ0n) is 17.1. The molecule has 0 fully saturated rings. The standard InChI is InChI=1S/C25H22N2O3/c1-16-8-6-9-17(2)23(16)27-22(26-20-12-5-4-11-19(20)25(27)29)15-14-18-10-7-13-21(30-3)24(18)28/h4-15,28H,1-3H3/b15-14+. The highest BCUT2D eigenvalue weighted by Crippen LogP contribution is 2.31. The number of benzene rings is 3. The number of phenols is 1. The normalized spacial score (nSPS) is 11.3. The lowest BCUT2D eigenvalue weighted by Crippen LogP contribution is -2.23. The van der Waals surface area contributed by atoms with Crippen LogP contribution >= 0.6 is 0 Å². The van der Waals surface area contributed by atoms with Crippen molar-refractivity contribution in [3.63, 3.8) is 0 Å². The largest absolute Gasteiger partial charge is 0.504 e. The Labute approximate surface area is 174 Å². The molecule has 1 aromatic heterocycles. The van der Waals surface area contributed by atoms with Gasteiger partial charge in [-0.05, 0) is 55.3 Å². The Bertz CT molecular complexity index is 1320. The van der Waals surface area contributed by atoms with Crippen molar-refractivity contribution < 1.29 is 9.84 Å². The van der Waals surface area contributed by atoms with Gasteiger partial charge in [0.15, 0.2) is 11.5 Å². The molecule has 0 unspecified atom stereocenters. The molecule has 0 aliphatic heterocycles. The number of hydrogen-bond acceptors (Lipinski definition) is 4. The van der Waals surface area contributed by atoms with Crippen LogP contribution in [-0.2, 0) is 0 Å². The Morgan fingerprint density at radius 2 is 1.63 bits per heavy atom. The molecule has 0 aliphatic carbocycles. The molecule has 3 aromatic carbocycles. The lowest BCUT2D eigenvalue weighted by Gasteiger charge is -2.16. The van der Waals surface area contributed by atoms with Crippen LogP contribution in [0, 0.1) is 13.8 Å². The van der Waals surface area contributed by atoms with Crippen molar-refractivity contribution in [2.45, 2.75) is 13.8 Å². The molecule has 30 heavy (non-hydrogen) atoms. The number of hydrogen-bond donors (Lipinski definition) is 1. The van der Waals surface area contributed by atoms with Crippen LogP contribution in [0.2, 0.25) is 0 Å². The Kier molecular flexibility index (Phi) is 5.11. The van der Waals surface area contributed by atoms with Gasteiger partial charge >= 0.3 is 0 Å². The molecular formula is C25H22N2O3. The SMILES string of the molecule is COc1cccc(/C=C/c2nc3ccccc3c(=O)n2-c2c(C)cccc2C)c1O. The Morgan fingerprint density at radius 1 is 0.933 bits per heavy atom. The van der Waals surface area contributed by atoms with Gasteiger partial charge in [-0.1, -0.05) is 42.5 Å². The predicted octanol–water partition coefficient (Wildman–Crippen LogP) is 4.89. The molecule has 0 amide bonds. The minimum absolute atomic E-state index is 0.0398. The molecule has 5 heteroatoms. The second kappa shape index (κ2) is 7.87. The highest BCUT2D eigenvalue weighted by atomic mass is 16.5. The van der Waals surface area contributed by atoms with Gasteiger partial charge in [-0.25, -0.2) is 4.98 Å². The van der Waals surface area contributed by atoms with E-state index >= 15 is 0 Å². The Hall–Kier alpha value is -3.86. The summed E-state index contributed by atoms with van der Waals surface area (Å²) in [6, 6.07) is 18.5. The summed E-state index contributed by atoms with van der Waals surface area (Å²) in [6.45, 7) is 3.96. The minimum Gasteiger partial charge on any atom is -0.504 e. The molecule has 0 saturated carbocycles. The van der Waals surface area contributed by atoms with E-state index in [1.165, 1.54) is 7.11 Å². The molecule has 0 spiro atoms. The van der Waals surface area contributed by atoms with Crippen LogP contribution in [-0.4, -0.2) is 21.8 Å². The van der Waals surface area contributed by atoms with Crippen LogP contribution in [0.3, 0.4) is 0 Å². The molecule has 1 heterocycles. The van der Waals surface area contributed by atoms with E-state index in [-0.39, 0.29) is 11.3 Å². The van der Waals surface area contributed by atoms with Crippen molar-refractivity contribution in [2.24, 2.45) is 0 Å². The summed E-state index contributed by atoms with van der Waals surface area (Å²) in [5.41, 5.74) is 3.84. The maximum Gasteiger partial charge on any atom is 0.266 e. The van der Waals surface area contributed by atoms with Crippen LogP contribution in [0.5, 0.6) is 11.5 Å². The monoisotopic (exact) mass is 398 g/mol. The van der Waals surface area contributed by atoms with Crippen LogP contribution in [0.1, 0.15) is 22.5 Å². The van der Waals surface area contributed by atoms with E-state index in [4.69, 9.17) is 9.72 Å². The first kappa shape index (κ1) is 19.5. The molecule has 150 valence electrons. The van der Waals surface area contributed by atoms with E-state index in [1.54, 1.807) is 41.0 Å². The van der Waals surface area contributed by atoms with Gasteiger partial charge in [-0.15, -0.1) is 0 Å². The molecule has 0 bridgehead atoms. The second-order valence-electron chi connectivity index (χ2n) is 7.10. The number of ether oxygens (including phenoxy) is 1. The molecule has 0 radical (unpaired) electrons. The maximum atomic E-state index is 13.5. The third kappa shape index (κ3) is 3.35. The summed E-state index contributed by atoms with van der Waals surface area (Å²) in [4.78, 5) is 18.2. The topological polar surface area (TPSA) is 64.3 Å². The summed E-state index contributed by atoms with van der Waals surface area (Å²) < 4.78 is 6.82. The summed E-state index contributed by atoms with van der Waals surface area (Å²) in [5.74, 6) is 0.909. The van der Waals surface area contributed by atoms with Gasteiger partial charge in [0.05, 0.1) is 23.7 Å². The number of para-hydroxylation sites is 3. The van der Waals surface area contributed by atoms with Gasteiger partial charge in [-0.3, -0.25) is 9.36 Å². The van der Waals surface area contributed by atoms with E-state index in [0.717, 1.165) is 16.8 Å². The lowest BCUT2D eigenvalue weighted by molar-refractivity contribution is 0.373.